The van der Waals surface area contributed by atoms with Crippen LogP contribution in [0.5, 0.6) is 5.75 Å². The minimum Gasteiger partial charge on any atom is -0.493 e. The number of nitrogens with two attached hydrogens (primary N) is 1. The Balaban J connectivity index is 0.000000197. The summed E-state index contributed by atoms with van der Waals surface area (Å²) >= 11 is 0. The minimum atomic E-state index is -0.746. The average molecular weight is 357 g/mol. The first-order chi connectivity index (χ1) is 12.5. The molecule has 0 saturated heterocycles. The maximum absolute atomic E-state index is 10.4. The van der Waals surface area contributed by atoms with E-state index >= 15 is 0 Å². The number of primary amides is 1. The van der Waals surface area contributed by atoms with E-state index in [2.05, 4.69) is 10.8 Å². The van der Waals surface area contributed by atoms with Gasteiger partial charge in [0.15, 0.2) is 0 Å². The molecule has 2 aromatic rings. The molecule has 2 aromatic carbocycles. The molecule has 3 N–H and O–H groups in total. The van der Waals surface area contributed by atoms with Crippen LogP contribution in [0.15, 0.2) is 48.5 Å². The number of ether oxygens (including phenoxy) is 2. The van der Waals surface area contributed by atoms with E-state index in [0.717, 1.165) is 36.3 Å². The van der Waals surface area contributed by atoms with Crippen molar-refractivity contribution in [2.24, 2.45) is 5.73 Å². The van der Waals surface area contributed by atoms with E-state index < -0.39 is 12.1 Å². The predicted octanol–water partition coefficient (Wildman–Crippen LogP) is 3.31. The summed E-state index contributed by atoms with van der Waals surface area (Å²) in [7, 11) is 0. The van der Waals surface area contributed by atoms with Gasteiger partial charge in [0.1, 0.15) is 12.4 Å². The normalized spacial score (nSPS) is 12.0. The summed E-state index contributed by atoms with van der Waals surface area (Å²) in [6, 6.07) is 15.3. The van der Waals surface area contributed by atoms with E-state index in [0.29, 0.717) is 6.42 Å². The van der Waals surface area contributed by atoms with Gasteiger partial charge in [0.05, 0.1) is 6.61 Å². The first kappa shape index (κ1) is 19.3. The second-order valence-electron chi connectivity index (χ2n) is 5.88. The molecule has 26 heavy (non-hydrogen) atoms. The third-order valence-electron chi connectivity index (χ3n) is 3.82. The Kier molecular flexibility index (Phi) is 7.49. The molecule has 0 bridgehead atoms. The molecule has 138 valence electrons. The van der Waals surface area contributed by atoms with Gasteiger partial charge >= 0.3 is 12.1 Å². The summed E-state index contributed by atoms with van der Waals surface area (Å²) in [4.78, 5) is 20.6. The minimum absolute atomic E-state index is 0.194. The van der Waals surface area contributed by atoms with Gasteiger partial charge in [-0.1, -0.05) is 42.5 Å². The van der Waals surface area contributed by atoms with E-state index in [1.54, 1.807) is 0 Å². The largest absolute Gasteiger partial charge is 0.493 e. The zero-order valence-corrected chi connectivity index (χ0v) is 14.5. The fraction of sp³-hybridized carbons (Fsp3) is 0.300. The van der Waals surface area contributed by atoms with Crippen LogP contribution in [0.25, 0.3) is 0 Å². The topological polar surface area (TPSA) is 98.9 Å². The molecule has 0 atom stereocenters. The van der Waals surface area contributed by atoms with Crippen LogP contribution in [0.1, 0.15) is 29.5 Å². The molecule has 1 heterocycles. The molecule has 0 saturated carbocycles. The van der Waals surface area contributed by atoms with E-state index in [9.17, 15) is 9.59 Å². The van der Waals surface area contributed by atoms with Crippen molar-refractivity contribution in [2.75, 3.05) is 6.61 Å². The predicted molar refractivity (Wildman–Crippen MR) is 97.0 cm³/mol. The van der Waals surface area contributed by atoms with Crippen molar-refractivity contribution >= 4 is 12.1 Å². The molecule has 0 fully saturated rings. The number of hydrogen-bond acceptors (Lipinski definition) is 4. The monoisotopic (exact) mass is 357 g/mol. The van der Waals surface area contributed by atoms with Crippen LogP contribution in [-0.4, -0.2) is 23.8 Å². The highest BCUT2D eigenvalue weighted by molar-refractivity contribution is 5.67. The molecule has 1 amide bonds. The molecule has 0 aliphatic carbocycles. The summed E-state index contributed by atoms with van der Waals surface area (Å²) in [5.41, 5.74) is 8.01. The fourth-order valence-corrected chi connectivity index (χ4v) is 2.55. The summed E-state index contributed by atoms with van der Waals surface area (Å²) in [5.74, 6) is 0.212. The number of rotatable bonds is 5. The maximum atomic E-state index is 10.4. The quantitative estimate of drug-likeness (QED) is 0.855. The number of aryl methyl sites for hydroxylation is 2. The summed E-state index contributed by atoms with van der Waals surface area (Å²) in [6.07, 6.45) is 2.14. The van der Waals surface area contributed by atoms with Crippen molar-refractivity contribution < 1.29 is 24.2 Å². The van der Waals surface area contributed by atoms with Crippen LogP contribution in [0.2, 0.25) is 0 Å². The molecule has 3 rings (SSSR count). The smallest absolute Gasteiger partial charge is 0.404 e. The number of carbonyl (C=O) groups excluding carboxylic acids is 1. The lowest BCUT2D eigenvalue weighted by atomic mass is 10.0. The number of aliphatic carboxylic acids is 1. The van der Waals surface area contributed by atoms with Crippen LogP contribution in [0, 0.1) is 0 Å². The van der Waals surface area contributed by atoms with E-state index in [-0.39, 0.29) is 13.0 Å². The van der Waals surface area contributed by atoms with Gasteiger partial charge in [-0.05, 0) is 42.0 Å². The number of carboxylic acids is 1. The number of carboxylic acid groups (broad SMARTS) is 1. The Morgan fingerprint density at radius 1 is 1.12 bits per heavy atom. The Morgan fingerprint density at radius 2 is 1.88 bits per heavy atom. The molecule has 6 heteroatoms. The van der Waals surface area contributed by atoms with Crippen molar-refractivity contribution in [3.63, 3.8) is 0 Å². The van der Waals surface area contributed by atoms with Gasteiger partial charge in [0.2, 0.25) is 0 Å². The lowest BCUT2D eigenvalue weighted by Gasteiger charge is -2.17. The highest BCUT2D eigenvalue weighted by atomic mass is 16.5. The van der Waals surface area contributed by atoms with E-state index in [4.69, 9.17) is 15.6 Å². The molecule has 0 aromatic heterocycles. The van der Waals surface area contributed by atoms with Crippen molar-refractivity contribution in [1.82, 2.24) is 0 Å². The highest BCUT2D eigenvalue weighted by Crippen LogP contribution is 2.25. The average Bonchev–Trinajstić information content (AvgIpc) is 2.66. The van der Waals surface area contributed by atoms with Crippen molar-refractivity contribution in [3.8, 4) is 5.75 Å². The van der Waals surface area contributed by atoms with Gasteiger partial charge in [-0.3, -0.25) is 4.79 Å². The molecule has 0 radical (unpaired) electrons. The van der Waals surface area contributed by atoms with Crippen LogP contribution < -0.4 is 10.5 Å². The van der Waals surface area contributed by atoms with Crippen LogP contribution in [0.4, 0.5) is 4.79 Å². The first-order valence-electron chi connectivity index (χ1n) is 8.47. The second-order valence-corrected chi connectivity index (χ2v) is 5.88. The number of amides is 1. The van der Waals surface area contributed by atoms with Gasteiger partial charge in [-0.2, -0.15) is 0 Å². The van der Waals surface area contributed by atoms with Crippen LogP contribution in [0.3, 0.4) is 0 Å². The fourth-order valence-electron chi connectivity index (χ4n) is 2.55. The zero-order chi connectivity index (χ0) is 18.8. The van der Waals surface area contributed by atoms with E-state index in [1.165, 1.54) is 5.56 Å². The molecule has 1 aliphatic heterocycles. The standard InChI is InChI=1S/C12H14O3.C8H9NO2/c13-12(14)6-4-9-3-5-11-10(8-9)2-1-7-15-11;9-8(10)11-6-7-4-2-1-3-5-7/h3,5,8H,1-2,4,6-7H2,(H,13,14);1-5H,6H2,(H2,9,10). The van der Waals surface area contributed by atoms with Gasteiger partial charge in [0.25, 0.3) is 0 Å². The summed E-state index contributed by atoms with van der Waals surface area (Å²) in [6.45, 7) is 1.04. The first-order valence-corrected chi connectivity index (χ1v) is 8.47. The molecular formula is C20H23NO5. The highest BCUT2D eigenvalue weighted by Gasteiger charge is 2.10. The maximum Gasteiger partial charge on any atom is 0.404 e. The third kappa shape index (κ3) is 6.84. The number of carbonyl (C=O) groups is 2. The second kappa shape index (κ2) is 10.1. The number of benzene rings is 2. The third-order valence-corrected chi connectivity index (χ3v) is 3.82. The van der Waals surface area contributed by atoms with Crippen molar-refractivity contribution in [1.29, 1.82) is 0 Å². The molecule has 0 unspecified atom stereocenters. The van der Waals surface area contributed by atoms with Gasteiger partial charge in [0, 0.05) is 6.42 Å². The van der Waals surface area contributed by atoms with Crippen molar-refractivity contribution in [3.05, 3.63) is 65.2 Å². The Morgan fingerprint density at radius 3 is 2.58 bits per heavy atom. The Bertz CT molecular complexity index is 730. The molecular weight excluding hydrogens is 334 g/mol. The summed E-state index contributed by atoms with van der Waals surface area (Å²) in [5, 5.41) is 8.59. The van der Waals surface area contributed by atoms with Gasteiger partial charge < -0.3 is 20.3 Å². The van der Waals surface area contributed by atoms with Gasteiger partial charge in [-0.15, -0.1) is 0 Å². The Labute approximate surface area is 152 Å². The summed E-state index contributed by atoms with van der Waals surface area (Å²) < 4.78 is 10.1. The van der Waals surface area contributed by atoms with Crippen molar-refractivity contribution in [2.45, 2.75) is 32.3 Å². The lowest BCUT2D eigenvalue weighted by molar-refractivity contribution is -0.136. The molecule has 6 nitrogen and oxygen atoms in total. The number of fused-ring (bicyclic) bond motifs is 1. The van der Waals surface area contributed by atoms with Gasteiger partial charge in [-0.25, -0.2) is 4.79 Å². The number of hydrogen-bond donors (Lipinski definition) is 2. The van der Waals surface area contributed by atoms with Crippen LogP contribution in [-0.2, 0) is 29.0 Å². The molecule has 1 aliphatic rings. The van der Waals surface area contributed by atoms with Crippen LogP contribution >= 0.6 is 0 Å². The lowest BCUT2D eigenvalue weighted by Crippen LogP contribution is -2.12. The zero-order valence-electron chi connectivity index (χ0n) is 14.5. The Hall–Kier alpha value is -3.02. The SMILES string of the molecule is NC(=O)OCc1ccccc1.O=C(O)CCc1ccc2c(c1)CCCO2. The molecule has 0 spiro atoms. The van der Waals surface area contributed by atoms with E-state index in [1.807, 2.05) is 42.5 Å².